The van der Waals surface area contributed by atoms with Gasteiger partial charge in [0.2, 0.25) is 0 Å². The van der Waals surface area contributed by atoms with E-state index in [1.54, 1.807) is 28.5 Å². The number of aromatic nitrogens is 4. The molecule has 2 aliphatic heterocycles. The first-order valence-corrected chi connectivity index (χ1v) is 19.5. The summed E-state index contributed by atoms with van der Waals surface area (Å²) in [4.78, 5) is 27.1. The van der Waals surface area contributed by atoms with E-state index in [0.717, 1.165) is 22.2 Å². The van der Waals surface area contributed by atoms with E-state index in [9.17, 15) is 18.0 Å². The van der Waals surface area contributed by atoms with Crippen molar-refractivity contribution in [3.63, 3.8) is 0 Å². The lowest BCUT2D eigenvalue weighted by molar-refractivity contribution is -0.274. The van der Waals surface area contributed by atoms with E-state index >= 15 is 0 Å². The van der Waals surface area contributed by atoms with Crippen LogP contribution >= 0.6 is 34.5 Å². The summed E-state index contributed by atoms with van der Waals surface area (Å²) in [5.41, 5.74) is 3.33. The smallest absolute Gasteiger partial charge is 0.444 e. The van der Waals surface area contributed by atoms with Crippen molar-refractivity contribution in [2.75, 3.05) is 49.1 Å². The summed E-state index contributed by atoms with van der Waals surface area (Å²) in [5.74, 6) is -0.590. The van der Waals surface area contributed by atoms with Crippen LogP contribution < -0.4 is 19.9 Å². The van der Waals surface area contributed by atoms with Gasteiger partial charge in [0.25, 0.3) is 12.0 Å². The molecule has 13 nitrogen and oxygen atoms in total. The highest BCUT2D eigenvalue weighted by Crippen LogP contribution is 2.42. The number of fused-ring (bicyclic) bond motifs is 2. The molecule has 19 heteroatoms. The number of oxazole rings is 2. The number of carbonyl (C=O) groups excluding carboxylic acids is 1. The minimum Gasteiger partial charge on any atom is -0.444 e. The van der Waals surface area contributed by atoms with Gasteiger partial charge >= 0.3 is 12.5 Å². The molecule has 1 N–H and O–H groups in total. The zero-order valence-corrected chi connectivity index (χ0v) is 33.4. The Morgan fingerprint density at radius 3 is 2.41 bits per heavy atom. The lowest BCUT2D eigenvalue weighted by Crippen LogP contribution is -2.54. The Bertz CT molecular complexity index is 2310. The molecule has 2 fully saturated rings. The summed E-state index contributed by atoms with van der Waals surface area (Å²) in [5, 5.41) is 11.8. The highest BCUT2D eigenvalue weighted by Gasteiger charge is 2.36. The molecule has 0 radical (unpaired) electrons. The summed E-state index contributed by atoms with van der Waals surface area (Å²) in [7, 11) is 0. The molecule has 2 saturated heterocycles. The third kappa shape index (κ3) is 8.65. The Balaban J connectivity index is 0.000000172. The van der Waals surface area contributed by atoms with E-state index in [1.165, 1.54) is 16.9 Å². The Labute approximate surface area is 333 Å². The molecule has 0 bridgehead atoms. The maximum Gasteiger partial charge on any atom is 0.573 e. The average Bonchev–Trinajstić information content (AvgIpc) is 3.95. The van der Waals surface area contributed by atoms with Gasteiger partial charge in [0, 0.05) is 74.3 Å². The number of alkyl halides is 3. The van der Waals surface area contributed by atoms with Gasteiger partial charge < -0.3 is 38.3 Å². The number of piperazine rings is 2. The maximum atomic E-state index is 12.9. The molecule has 8 rings (SSSR count). The number of amides is 1. The summed E-state index contributed by atoms with van der Waals surface area (Å²) >= 11 is 14.0. The molecular formula is C37H39Cl2F3N8O5S. The topological polar surface area (TPSA) is 127 Å². The van der Waals surface area contributed by atoms with Gasteiger partial charge in [0.1, 0.15) is 16.8 Å². The molecule has 0 unspecified atom stereocenters. The number of thiophene rings is 1. The number of nitrogens with zero attached hydrogens (tertiary/aromatic N) is 7. The van der Waals surface area contributed by atoms with Crippen LogP contribution in [0.3, 0.4) is 0 Å². The number of carbonyl (C=O) groups is 1. The van der Waals surface area contributed by atoms with Crippen molar-refractivity contribution in [1.29, 1.82) is 0 Å². The molecule has 0 saturated carbocycles. The Morgan fingerprint density at radius 1 is 1.00 bits per heavy atom. The Morgan fingerprint density at radius 2 is 1.75 bits per heavy atom. The predicted molar refractivity (Wildman–Crippen MR) is 209 cm³/mol. The van der Waals surface area contributed by atoms with Crippen molar-refractivity contribution in [1.82, 2.24) is 30.0 Å². The standard InChI is InChI=1S/C21H24ClN3O3S.C16H15ClF3N5O2/c1-13-11-24(20(26)28-21(2,3)4)6-7-25(13)19-23-17-10-15(22)9-16(18(17)27-19)14-5-8-29-12-14;1-9-8-21-4-6-24(9)15-23-12-13(27-16(18,19)20)10(17)7-11(14(12)26-15)25-5-2-3-22-25/h5,8-10,12-13H,6-7,11H2,1-4H3;2-3,5,7,9,21H,4,6,8H2,1H3/t13-;9-/m00/s1. The fourth-order valence-corrected chi connectivity index (χ4v) is 7.62. The molecule has 2 aliphatic rings. The number of hydrogen-bond donors (Lipinski definition) is 1. The highest BCUT2D eigenvalue weighted by molar-refractivity contribution is 7.08. The Kier molecular flexibility index (Phi) is 11.1. The number of anilines is 2. The molecule has 4 aromatic heterocycles. The van der Waals surface area contributed by atoms with Crippen LogP contribution in [-0.4, -0.2) is 94.1 Å². The molecule has 56 heavy (non-hydrogen) atoms. The summed E-state index contributed by atoms with van der Waals surface area (Å²) in [6.07, 6.45) is -2.03. The molecular weight excluding hydrogens is 796 g/mol. The van der Waals surface area contributed by atoms with E-state index in [2.05, 4.69) is 37.3 Å². The van der Waals surface area contributed by atoms with Crippen LogP contribution in [0.4, 0.5) is 30.0 Å². The first-order chi connectivity index (χ1) is 26.5. The molecule has 2 atom stereocenters. The molecule has 6 heterocycles. The summed E-state index contributed by atoms with van der Waals surface area (Å²) < 4.78 is 61.7. The van der Waals surface area contributed by atoms with Crippen LogP contribution in [0.15, 0.2) is 62.3 Å². The zero-order chi connectivity index (χ0) is 39.9. The van der Waals surface area contributed by atoms with Crippen LogP contribution in [0.2, 0.25) is 10.0 Å². The van der Waals surface area contributed by atoms with Crippen molar-refractivity contribution in [2.45, 2.75) is 58.7 Å². The number of halogens is 5. The second kappa shape index (κ2) is 15.7. The van der Waals surface area contributed by atoms with E-state index in [-0.39, 0.29) is 40.3 Å². The van der Waals surface area contributed by atoms with Gasteiger partial charge in [-0.25, -0.2) is 9.48 Å². The SMILES string of the molecule is C[C@H]1CN(C(=O)OC(C)(C)C)CCN1c1nc2cc(Cl)cc(-c3ccsc3)c2o1.C[C@H]1CNCCN1c1nc2c(OC(F)(F)F)c(Cl)cc(-n3cccn3)c2o1. The van der Waals surface area contributed by atoms with Gasteiger partial charge in [-0.1, -0.05) is 23.2 Å². The van der Waals surface area contributed by atoms with Crippen LogP contribution in [0.25, 0.3) is 39.0 Å². The van der Waals surface area contributed by atoms with Gasteiger partial charge in [-0.2, -0.15) is 26.4 Å². The minimum absolute atomic E-state index is 0.0457. The van der Waals surface area contributed by atoms with E-state index < -0.39 is 17.7 Å². The van der Waals surface area contributed by atoms with Crippen LogP contribution in [-0.2, 0) is 4.74 Å². The molecule has 0 spiro atoms. The number of benzene rings is 2. The predicted octanol–water partition coefficient (Wildman–Crippen LogP) is 9.02. The number of ether oxygens (including phenoxy) is 2. The third-order valence-corrected chi connectivity index (χ3v) is 10.2. The van der Waals surface area contributed by atoms with Crippen LogP contribution in [0.5, 0.6) is 5.75 Å². The fraction of sp³-hybridized carbons (Fsp3) is 0.405. The quantitative estimate of drug-likeness (QED) is 0.179. The Hall–Kier alpha value is -4.71. The summed E-state index contributed by atoms with van der Waals surface area (Å²) in [6, 6.07) is 9.62. The lowest BCUT2D eigenvalue weighted by Gasteiger charge is -2.39. The normalized spacial score (nSPS) is 18.0. The monoisotopic (exact) mass is 834 g/mol. The highest BCUT2D eigenvalue weighted by atomic mass is 35.5. The number of nitrogens with one attached hydrogen (secondary N) is 1. The maximum absolute atomic E-state index is 12.9. The summed E-state index contributed by atoms with van der Waals surface area (Å²) in [6.45, 7) is 13.4. The minimum atomic E-state index is -4.91. The van der Waals surface area contributed by atoms with Gasteiger partial charge in [0.15, 0.2) is 22.4 Å². The van der Waals surface area contributed by atoms with E-state index in [4.69, 9.17) is 41.8 Å². The van der Waals surface area contributed by atoms with Crippen molar-refractivity contribution in [3.05, 3.63) is 63.5 Å². The number of hydrogen-bond acceptors (Lipinski definition) is 12. The van der Waals surface area contributed by atoms with Gasteiger partial charge in [-0.15, -0.1) is 13.2 Å². The van der Waals surface area contributed by atoms with Crippen molar-refractivity contribution in [3.8, 4) is 22.6 Å². The van der Waals surface area contributed by atoms with Crippen LogP contribution in [0, 0.1) is 0 Å². The molecule has 2 aromatic carbocycles. The van der Waals surface area contributed by atoms with Crippen molar-refractivity contribution in [2.24, 2.45) is 0 Å². The van der Waals surface area contributed by atoms with Gasteiger partial charge in [-0.3, -0.25) is 0 Å². The van der Waals surface area contributed by atoms with Crippen molar-refractivity contribution >= 4 is 74.9 Å². The number of rotatable bonds is 5. The lowest BCUT2D eigenvalue weighted by atomic mass is 10.1. The molecule has 6 aromatic rings. The molecule has 0 aliphatic carbocycles. The van der Waals surface area contributed by atoms with Crippen molar-refractivity contribution < 1.29 is 36.3 Å². The van der Waals surface area contributed by atoms with Gasteiger partial charge in [-0.05, 0) is 81.3 Å². The average molecular weight is 836 g/mol. The zero-order valence-electron chi connectivity index (χ0n) is 31.1. The van der Waals surface area contributed by atoms with E-state index in [1.807, 2.05) is 56.2 Å². The second-order valence-electron chi connectivity index (χ2n) is 14.4. The first-order valence-electron chi connectivity index (χ1n) is 17.8. The molecule has 298 valence electrons. The largest absolute Gasteiger partial charge is 0.573 e. The fourth-order valence-electron chi connectivity index (χ4n) is 6.52. The van der Waals surface area contributed by atoms with E-state index in [0.29, 0.717) is 56.0 Å². The molecule has 1 amide bonds. The van der Waals surface area contributed by atoms with Gasteiger partial charge in [0.05, 0.1) is 5.02 Å². The second-order valence-corrected chi connectivity index (χ2v) is 16.0. The third-order valence-electron chi connectivity index (χ3n) is 9.06. The first kappa shape index (κ1) is 39.5. The van der Waals surface area contributed by atoms with Crippen LogP contribution in [0.1, 0.15) is 34.6 Å².